The second kappa shape index (κ2) is 4.26. The smallest absolute Gasteiger partial charge is 0.161 e. The average Bonchev–Trinajstić information content (AvgIpc) is 2.14. The van der Waals surface area contributed by atoms with E-state index in [-0.39, 0.29) is 11.5 Å². The van der Waals surface area contributed by atoms with Crippen LogP contribution in [0.3, 0.4) is 0 Å². The highest BCUT2D eigenvalue weighted by Gasteiger charge is 2.18. The minimum absolute atomic E-state index is 0.00699. The summed E-state index contributed by atoms with van der Waals surface area (Å²) in [4.78, 5) is 15.5. The number of carbonyl (C=O) groups excluding carboxylic acids is 1. The van der Waals surface area contributed by atoms with Gasteiger partial charge in [-0.3, -0.25) is 9.78 Å². The predicted octanol–water partition coefficient (Wildman–Crippen LogP) is 2.42. The zero-order valence-electron chi connectivity index (χ0n) is 9.19. The lowest BCUT2D eigenvalue weighted by Gasteiger charge is -2.12. The van der Waals surface area contributed by atoms with Gasteiger partial charge in [-0.2, -0.15) is 0 Å². The molecule has 1 heterocycles. The molecular formula is C12H15NO2. The first kappa shape index (κ1) is 11.4. The van der Waals surface area contributed by atoms with Gasteiger partial charge in [0.1, 0.15) is 11.4 Å². The maximum atomic E-state index is 11.6. The molecule has 0 aromatic carbocycles. The molecule has 1 rings (SSSR count). The first-order valence-electron chi connectivity index (χ1n) is 4.78. The number of hydrogen-bond acceptors (Lipinski definition) is 3. The topological polar surface area (TPSA) is 50.2 Å². The van der Waals surface area contributed by atoms with Crippen LogP contribution in [0.1, 0.15) is 26.5 Å². The molecule has 0 atom stereocenters. The van der Waals surface area contributed by atoms with Gasteiger partial charge in [0.15, 0.2) is 5.78 Å². The minimum atomic E-state index is -0.402. The highest BCUT2D eigenvalue weighted by Crippen LogP contribution is 2.18. The maximum absolute atomic E-state index is 11.6. The number of aromatic nitrogens is 1. The average molecular weight is 205 g/mol. The van der Waals surface area contributed by atoms with Gasteiger partial charge < -0.3 is 5.11 Å². The first-order valence-corrected chi connectivity index (χ1v) is 4.78. The summed E-state index contributed by atoms with van der Waals surface area (Å²) in [6, 6.07) is 3.17. The van der Waals surface area contributed by atoms with Gasteiger partial charge in [-0.25, -0.2) is 0 Å². The first-order chi connectivity index (χ1) is 6.91. The van der Waals surface area contributed by atoms with Gasteiger partial charge in [-0.1, -0.05) is 20.8 Å². The fraction of sp³-hybridized carbons (Fsp3) is 0.333. The molecule has 0 amide bonds. The van der Waals surface area contributed by atoms with Crippen molar-refractivity contribution in [2.75, 3.05) is 0 Å². The third-order valence-electron chi connectivity index (χ3n) is 1.95. The van der Waals surface area contributed by atoms with Crippen LogP contribution in [0.2, 0.25) is 0 Å². The fourth-order valence-corrected chi connectivity index (χ4v) is 0.942. The van der Waals surface area contributed by atoms with Crippen molar-refractivity contribution < 1.29 is 9.90 Å². The van der Waals surface area contributed by atoms with Crippen LogP contribution in [0.5, 0.6) is 5.75 Å². The lowest BCUT2D eigenvalue weighted by Crippen LogP contribution is -2.17. The van der Waals surface area contributed by atoms with Crippen LogP contribution in [-0.4, -0.2) is 15.9 Å². The quantitative estimate of drug-likeness (QED) is 0.754. The monoisotopic (exact) mass is 205 g/mol. The van der Waals surface area contributed by atoms with Crippen LogP contribution in [0.15, 0.2) is 24.4 Å². The Morgan fingerprint density at radius 1 is 1.47 bits per heavy atom. The Kier molecular flexibility index (Phi) is 3.24. The number of aromatic hydroxyl groups is 1. The van der Waals surface area contributed by atoms with Crippen molar-refractivity contribution in [3.05, 3.63) is 30.1 Å². The van der Waals surface area contributed by atoms with Crippen molar-refractivity contribution in [3.8, 4) is 5.75 Å². The van der Waals surface area contributed by atoms with Gasteiger partial charge in [0.2, 0.25) is 0 Å². The van der Waals surface area contributed by atoms with E-state index in [1.54, 1.807) is 12.3 Å². The van der Waals surface area contributed by atoms with E-state index < -0.39 is 5.41 Å². The van der Waals surface area contributed by atoms with Crippen molar-refractivity contribution in [3.63, 3.8) is 0 Å². The normalized spacial score (nSPS) is 11.9. The molecule has 80 valence electrons. The maximum Gasteiger partial charge on any atom is 0.161 e. The summed E-state index contributed by atoms with van der Waals surface area (Å²) in [6.07, 6.45) is 4.55. The second-order valence-electron chi connectivity index (χ2n) is 4.36. The van der Waals surface area contributed by atoms with E-state index in [2.05, 4.69) is 4.98 Å². The molecule has 0 aliphatic heterocycles. The molecule has 0 unspecified atom stereocenters. The van der Waals surface area contributed by atoms with E-state index in [1.807, 2.05) is 20.8 Å². The molecule has 3 heteroatoms. The molecule has 0 spiro atoms. The van der Waals surface area contributed by atoms with E-state index in [9.17, 15) is 9.90 Å². The number of allylic oxidation sites excluding steroid dienone is 1. The van der Waals surface area contributed by atoms with E-state index in [4.69, 9.17) is 0 Å². The van der Waals surface area contributed by atoms with Crippen molar-refractivity contribution in [2.45, 2.75) is 20.8 Å². The number of carbonyl (C=O) groups is 1. The van der Waals surface area contributed by atoms with Gasteiger partial charge in [0, 0.05) is 11.6 Å². The fourth-order valence-electron chi connectivity index (χ4n) is 0.942. The third-order valence-corrected chi connectivity index (χ3v) is 1.95. The van der Waals surface area contributed by atoms with E-state index in [0.29, 0.717) is 5.69 Å². The highest BCUT2D eigenvalue weighted by molar-refractivity contribution is 5.97. The molecule has 3 nitrogen and oxygen atoms in total. The predicted molar refractivity (Wildman–Crippen MR) is 59.4 cm³/mol. The standard InChI is InChI=1S/C12H15NO2/c1-12(2,3)11(15)7-6-9-10(14)5-4-8-13-9/h4-8,14H,1-3H3/b7-6+. The van der Waals surface area contributed by atoms with Gasteiger partial charge in [0.25, 0.3) is 0 Å². The zero-order valence-corrected chi connectivity index (χ0v) is 9.19. The number of rotatable bonds is 2. The summed E-state index contributed by atoms with van der Waals surface area (Å²) in [5.74, 6) is 0.0861. The molecule has 0 saturated heterocycles. The minimum Gasteiger partial charge on any atom is -0.506 e. The van der Waals surface area contributed by atoms with Gasteiger partial charge in [-0.05, 0) is 24.3 Å². The van der Waals surface area contributed by atoms with Crippen molar-refractivity contribution in [1.29, 1.82) is 0 Å². The molecule has 0 aliphatic rings. The Bertz CT molecular complexity index is 389. The summed E-state index contributed by atoms with van der Waals surface area (Å²) in [5.41, 5.74) is 0.0102. The molecule has 0 radical (unpaired) electrons. The second-order valence-corrected chi connectivity index (χ2v) is 4.36. The van der Waals surface area contributed by atoms with E-state index in [0.717, 1.165) is 0 Å². The van der Waals surface area contributed by atoms with Crippen molar-refractivity contribution >= 4 is 11.9 Å². The van der Waals surface area contributed by atoms with Crippen LogP contribution in [-0.2, 0) is 4.79 Å². The summed E-state index contributed by atoms with van der Waals surface area (Å²) in [5, 5.41) is 9.40. The van der Waals surface area contributed by atoms with Crippen molar-refractivity contribution in [1.82, 2.24) is 4.98 Å². The number of pyridine rings is 1. The summed E-state index contributed by atoms with van der Waals surface area (Å²) in [7, 11) is 0. The van der Waals surface area contributed by atoms with E-state index >= 15 is 0 Å². The van der Waals surface area contributed by atoms with Gasteiger partial charge in [0.05, 0.1) is 0 Å². The zero-order chi connectivity index (χ0) is 11.5. The SMILES string of the molecule is CC(C)(C)C(=O)/C=C/c1ncccc1O. The van der Waals surface area contributed by atoms with Crippen LogP contribution >= 0.6 is 0 Å². The van der Waals surface area contributed by atoms with Gasteiger partial charge in [-0.15, -0.1) is 0 Å². The number of ketones is 1. The Balaban J connectivity index is 2.84. The summed E-state index contributed by atoms with van der Waals surface area (Å²) >= 11 is 0. The Morgan fingerprint density at radius 2 is 2.13 bits per heavy atom. The number of hydrogen-bond donors (Lipinski definition) is 1. The summed E-state index contributed by atoms with van der Waals surface area (Å²) in [6.45, 7) is 5.54. The highest BCUT2D eigenvalue weighted by atomic mass is 16.3. The van der Waals surface area contributed by atoms with Crippen LogP contribution in [0.25, 0.3) is 6.08 Å². The largest absolute Gasteiger partial charge is 0.506 e. The third kappa shape index (κ3) is 3.20. The van der Waals surface area contributed by atoms with Crippen LogP contribution < -0.4 is 0 Å². The molecule has 1 aromatic heterocycles. The lowest BCUT2D eigenvalue weighted by atomic mass is 9.90. The van der Waals surface area contributed by atoms with Crippen LogP contribution in [0.4, 0.5) is 0 Å². The Morgan fingerprint density at radius 3 is 2.67 bits per heavy atom. The molecule has 1 N–H and O–H groups in total. The molecule has 0 saturated carbocycles. The molecule has 0 bridgehead atoms. The van der Waals surface area contributed by atoms with Crippen LogP contribution in [0, 0.1) is 5.41 Å². The molecule has 15 heavy (non-hydrogen) atoms. The molecule has 0 fully saturated rings. The van der Waals surface area contributed by atoms with E-state index in [1.165, 1.54) is 18.2 Å². The van der Waals surface area contributed by atoms with Gasteiger partial charge >= 0.3 is 0 Å². The molecular weight excluding hydrogens is 190 g/mol. The van der Waals surface area contributed by atoms with Crippen molar-refractivity contribution in [2.24, 2.45) is 5.41 Å². The molecule has 0 aliphatic carbocycles. The Labute approximate surface area is 89.5 Å². The molecule has 1 aromatic rings. The number of nitrogens with zero attached hydrogens (tertiary/aromatic N) is 1. The lowest BCUT2D eigenvalue weighted by molar-refractivity contribution is -0.121. The Hall–Kier alpha value is -1.64. The summed E-state index contributed by atoms with van der Waals surface area (Å²) < 4.78 is 0.